The number of nitrogens with zero attached hydrogens (tertiary/aromatic N) is 2. The zero-order chi connectivity index (χ0) is 18.1. The molecule has 6 nitrogen and oxygen atoms in total. The third-order valence-electron chi connectivity index (χ3n) is 3.68. The minimum Gasteiger partial charge on any atom is -0.399 e. The molecule has 24 heavy (non-hydrogen) atoms. The molecule has 0 saturated heterocycles. The number of hydrogen-bond acceptors (Lipinski definition) is 4. The fraction of sp³-hybridized carbons (Fsp3) is 0.500. The second-order valence-electron chi connectivity index (χ2n) is 5.75. The average Bonchev–Trinajstić information content (AvgIpc) is 2.54. The second-order valence-corrected chi connectivity index (χ2v) is 5.75. The van der Waals surface area contributed by atoms with Gasteiger partial charge in [-0.3, -0.25) is 14.4 Å². The minimum absolute atomic E-state index is 0.312. The van der Waals surface area contributed by atoms with E-state index in [1.807, 2.05) is 13.8 Å². The van der Waals surface area contributed by atoms with Crippen molar-refractivity contribution in [2.45, 2.75) is 46.5 Å². The van der Waals surface area contributed by atoms with Crippen LogP contribution in [-0.4, -0.2) is 35.7 Å². The molecule has 0 aromatic heterocycles. The Morgan fingerprint density at radius 3 is 2.04 bits per heavy atom. The zero-order valence-corrected chi connectivity index (χ0v) is 14.7. The van der Waals surface area contributed by atoms with E-state index in [0.29, 0.717) is 24.5 Å². The van der Waals surface area contributed by atoms with Crippen molar-refractivity contribution < 1.29 is 14.4 Å². The molecule has 0 heterocycles. The topological polar surface area (TPSA) is 83.7 Å². The molecule has 0 radical (unpaired) electrons. The highest BCUT2D eigenvalue weighted by Crippen LogP contribution is 2.19. The van der Waals surface area contributed by atoms with E-state index in [9.17, 15) is 14.4 Å². The normalized spacial score (nSPS) is 10.3. The SMILES string of the molecule is CCCCN(CCCC)C(=O)C(=O)N(C(C)=O)c1cccc(N)c1. The Hall–Kier alpha value is -2.37. The second kappa shape index (κ2) is 9.70. The highest BCUT2D eigenvalue weighted by molar-refractivity contribution is 6.45. The molecule has 0 aliphatic heterocycles. The highest BCUT2D eigenvalue weighted by Gasteiger charge is 2.30. The first-order valence-electron chi connectivity index (χ1n) is 8.41. The lowest BCUT2D eigenvalue weighted by molar-refractivity contribution is -0.145. The molecule has 6 heteroatoms. The molecule has 0 unspecified atom stereocenters. The van der Waals surface area contributed by atoms with E-state index in [1.54, 1.807) is 18.2 Å². The van der Waals surface area contributed by atoms with Gasteiger partial charge in [0, 0.05) is 25.7 Å². The van der Waals surface area contributed by atoms with Gasteiger partial charge in [0.25, 0.3) is 0 Å². The van der Waals surface area contributed by atoms with Crippen LogP contribution in [-0.2, 0) is 14.4 Å². The number of carbonyl (C=O) groups is 3. The van der Waals surface area contributed by atoms with Gasteiger partial charge < -0.3 is 10.6 Å². The average molecular weight is 333 g/mol. The number of nitrogens with two attached hydrogens (primary N) is 1. The van der Waals surface area contributed by atoms with Gasteiger partial charge in [-0.1, -0.05) is 32.8 Å². The summed E-state index contributed by atoms with van der Waals surface area (Å²) in [5, 5.41) is 0. The molecule has 3 amide bonds. The summed E-state index contributed by atoms with van der Waals surface area (Å²) in [5.41, 5.74) is 6.46. The lowest BCUT2D eigenvalue weighted by Crippen LogP contribution is -2.48. The van der Waals surface area contributed by atoms with Crippen LogP contribution in [0, 0.1) is 0 Å². The number of benzene rings is 1. The number of unbranched alkanes of at least 4 members (excludes halogenated alkanes) is 2. The number of carbonyl (C=O) groups excluding carboxylic acids is 3. The Balaban J connectivity index is 3.02. The molecule has 132 valence electrons. The third-order valence-corrected chi connectivity index (χ3v) is 3.68. The standard InChI is InChI=1S/C18H27N3O3/c1-4-6-11-20(12-7-5-2)17(23)18(24)21(14(3)22)16-10-8-9-15(19)13-16/h8-10,13H,4-7,11-12,19H2,1-3H3. The van der Waals surface area contributed by atoms with Gasteiger partial charge >= 0.3 is 11.8 Å². The van der Waals surface area contributed by atoms with E-state index in [-0.39, 0.29) is 0 Å². The summed E-state index contributed by atoms with van der Waals surface area (Å²) in [6, 6.07) is 6.40. The summed E-state index contributed by atoms with van der Waals surface area (Å²) in [7, 11) is 0. The maximum atomic E-state index is 12.6. The van der Waals surface area contributed by atoms with Crippen molar-refractivity contribution in [3.63, 3.8) is 0 Å². The fourth-order valence-electron chi connectivity index (χ4n) is 2.35. The largest absolute Gasteiger partial charge is 0.399 e. The number of imide groups is 1. The van der Waals surface area contributed by atoms with Crippen LogP contribution in [0.2, 0.25) is 0 Å². The molecule has 0 fully saturated rings. The zero-order valence-electron chi connectivity index (χ0n) is 14.7. The fourth-order valence-corrected chi connectivity index (χ4v) is 2.35. The number of rotatable bonds is 7. The van der Waals surface area contributed by atoms with Crippen molar-refractivity contribution in [2.24, 2.45) is 0 Å². The number of hydrogen-bond donors (Lipinski definition) is 1. The number of amides is 3. The van der Waals surface area contributed by atoms with Gasteiger partial charge in [-0.05, 0) is 31.0 Å². The van der Waals surface area contributed by atoms with Crippen molar-refractivity contribution in [1.29, 1.82) is 0 Å². The summed E-state index contributed by atoms with van der Waals surface area (Å²) < 4.78 is 0. The van der Waals surface area contributed by atoms with E-state index in [0.717, 1.165) is 30.6 Å². The van der Waals surface area contributed by atoms with Crippen LogP contribution < -0.4 is 10.6 Å². The van der Waals surface area contributed by atoms with Crippen molar-refractivity contribution in [3.05, 3.63) is 24.3 Å². The summed E-state index contributed by atoms with van der Waals surface area (Å²) >= 11 is 0. The van der Waals surface area contributed by atoms with E-state index in [4.69, 9.17) is 5.73 Å². The first kappa shape index (κ1) is 19.7. The number of nitrogen functional groups attached to an aromatic ring is 1. The lowest BCUT2D eigenvalue weighted by Gasteiger charge is -2.25. The van der Waals surface area contributed by atoms with Gasteiger partial charge in [0.2, 0.25) is 5.91 Å². The molecule has 2 N–H and O–H groups in total. The predicted molar refractivity (Wildman–Crippen MR) is 95.4 cm³/mol. The minimum atomic E-state index is -0.833. The Labute approximate surface area is 143 Å². The quantitative estimate of drug-likeness (QED) is 0.614. The van der Waals surface area contributed by atoms with Gasteiger partial charge in [0.05, 0.1) is 5.69 Å². The number of anilines is 2. The Kier molecular flexibility index (Phi) is 7.95. The maximum Gasteiger partial charge on any atom is 0.323 e. The first-order chi connectivity index (χ1) is 11.4. The molecule has 0 aliphatic carbocycles. The molecule has 0 bridgehead atoms. The maximum absolute atomic E-state index is 12.6. The monoisotopic (exact) mass is 333 g/mol. The summed E-state index contributed by atoms with van der Waals surface area (Å²) in [4.78, 5) is 39.6. The van der Waals surface area contributed by atoms with Crippen molar-refractivity contribution in [3.8, 4) is 0 Å². The van der Waals surface area contributed by atoms with Crippen LogP contribution in [0.4, 0.5) is 11.4 Å². The van der Waals surface area contributed by atoms with Gasteiger partial charge in [-0.2, -0.15) is 0 Å². The molecule has 1 aromatic carbocycles. The smallest absolute Gasteiger partial charge is 0.323 e. The van der Waals surface area contributed by atoms with E-state index in [1.165, 1.54) is 17.9 Å². The van der Waals surface area contributed by atoms with E-state index < -0.39 is 17.7 Å². The van der Waals surface area contributed by atoms with Crippen molar-refractivity contribution in [2.75, 3.05) is 23.7 Å². The van der Waals surface area contributed by atoms with Crippen LogP contribution in [0.3, 0.4) is 0 Å². The summed E-state index contributed by atoms with van der Waals surface area (Å²) in [5.74, 6) is -1.99. The van der Waals surface area contributed by atoms with Crippen LogP contribution in [0.25, 0.3) is 0 Å². The van der Waals surface area contributed by atoms with Gasteiger partial charge in [-0.25, -0.2) is 4.90 Å². The van der Waals surface area contributed by atoms with E-state index in [2.05, 4.69) is 0 Å². The highest BCUT2D eigenvalue weighted by atomic mass is 16.2. The van der Waals surface area contributed by atoms with Crippen molar-refractivity contribution >= 4 is 29.1 Å². The first-order valence-corrected chi connectivity index (χ1v) is 8.41. The van der Waals surface area contributed by atoms with Crippen molar-refractivity contribution in [1.82, 2.24) is 4.90 Å². The molecule has 0 atom stereocenters. The van der Waals surface area contributed by atoms with Gasteiger partial charge in [0.1, 0.15) is 0 Å². The molecule has 0 aliphatic rings. The van der Waals surface area contributed by atoms with Crippen LogP contribution in [0.15, 0.2) is 24.3 Å². The van der Waals surface area contributed by atoms with E-state index >= 15 is 0 Å². The summed E-state index contributed by atoms with van der Waals surface area (Å²) in [6.45, 7) is 6.35. The summed E-state index contributed by atoms with van der Waals surface area (Å²) in [6.07, 6.45) is 3.49. The Bertz CT molecular complexity index is 579. The van der Waals surface area contributed by atoms with Crippen LogP contribution in [0.1, 0.15) is 46.5 Å². The Morgan fingerprint density at radius 1 is 1.00 bits per heavy atom. The molecule has 1 aromatic rings. The Morgan fingerprint density at radius 2 is 1.58 bits per heavy atom. The van der Waals surface area contributed by atoms with Gasteiger partial charge in [-0.15, -0.1) is 0 Å². The molecule has 1 rings (SSSR count). The molecule has 0 spiro atoms. The molecular formula is C18H27N3O3. The predicted octanol–water partition coefficient (Wildman–Crippen LogP) is 2.58. The lowest BCUT2D eigenvalue weighted by atomic mass is 10.2. The molecular weight excluding hydrogens is 306 g/mol. The molecule has 0 saturated carbocycles. The van der Waals surface area contributed by atoms with Crippen LogP contribution >= 0.6 is 0 Å². The van der Waals surface area contributed by atoms with Crippen LogP contribution in [0.5, 0.6) is 0 Å². The van der Waals surface area contributed by atoms with Gasteiger partial charge in [0.15, 0.2) is 0 Å². The third kappa shape index (κ3) is 5.37.